The van der Waals surface area contributed by atoms with E-state index in [1.165, 1.54) is 17.7 Å². The van der Waals surface area contributed by atoms with Crippen LogP contribution in [0.2, 0.25) is 0 Å². The van der Waals surface area contributed by atoms with Gasteiger partial charge in [0, 0.05) is 26.4 Å². The average molecular weight is 311 g/mol. The summed E-state index contributed by atoms with van der Waals surface area (Å²) in [4.78, 5) is 25.1. The van der Waals surface area contributed by atoms with E-state index in [9.17, 15) is 9.59 Å². The molecule has 1 heterocycles. The van der Waals surface area contributed by atoms with Gasteiger partial charge in [-0.3, -0.25) is 9.59 Å². The summed E-state index contributed by atoms with van der Waals surface area (Å²) >= 11 is 0. The van der Waals surface area contributed by atoms with Crippen molar-refractivity contribution >= 4 is 22.6 Å². The van der Waals surface area contributed by atoms with Crippen LogP contribution in [0.5, 0.6) is 0 Å². The van der Waals surface area contributed by atoms with E-state index in [2.05, 4.69) is 30.3 Å². The van der Waals surface area contributed by atoms with Crippen LogP contribution in [0.1, 0.15) is 18.9 Å². The highest BCUT2D eigenvalue weighted by atomic mass is 16.5. The smallest absolute Gasteiger partial charge is 0.310 e. The zero-order valence-electron chi connectivity index (χ0n) is 13.3. The van der Waals surface area contributed by atoms with Crippen LogP contribution in [0, 0.1) is 5.92 Å². The first kappa shape index (κ1) is 15.5. The zero-order valence-corrected chi connectivity index (χ0v) is 13.3. The number of rotatable bonds is 4. The van der Waals surface area contributed by atoms with Gasteiger partial charge in [-0.15, -0.1) is 0 Å². The largest absolute Gasteiger partial charge is 0.465 e. The van der Waals surface area contributed by atoms with Gasteiger partial charge in [0.05, 0.1) is 12.5 Å². The quantitative estimate of drug-likeness (QED) is 0.816. The predicted octanol–water partition coefficient (Wildman–Crippen LogP) is 2.79. The van der Waals surface area contributed by atoms with Crippen molar-refractivity contribution in [1.82, 2.24) is 4.90 Å². The Balaban J connectivity index is 1.50. The van der Waals surface area contributed by atoms with Crippen molar-refractivity contribution in [3.05, 3.63) is 48.0 Å². The van der Waals surface area contributed by atoms with Crippen LogP contribution in [-0.2, 0) is 20.7 Å². The number of benzene rings is 2. The summed E-state index contributed by atoms with van der Waals surface area (Å²) in [6.45, 7) is 3.06. The normalized spacial score (nSPS) is 17.4. The fourth-order valence-corrected chi connectivity index (χ4v) is 3.02. The van der Waals surface area contributed by atoms with Crippen molar-refractivity contribution in [2.45, 2.75) is 19.8 Å². The first-order chi connectivity index (χ1) is 11.1. The minimum atomic E-state index is -0.186. The van der Waals surface area contributed by atoms with Gasteiger partial charge >= 0.3 is 5.97 Å². The Morgan fingerprint density at radius 2 is 1.96 bits per heavy atom. The molecule has 120 valence electrons. The molecule has 0 radical (unpaired) electrons. The van der Waals surface area contributed by atoms with E-state index >= 15 is 0 Å². The summed E-state index contributed by atoms with van der Waals surface area (Å²) in [6, 6.07) is 14.5. The number of hydrogen-bond donors (Lipinski definition) is 0. The predicted molar refractivity (Wildman–Crippen MR) is 89.0 cm³/mol. The Bertz CT molecular complexity index is 725. The topological polar surface area (TPSA) is 46.6 Å². The number of carbonyl (C=O) groups excluding carboxylic acids is 2. The summed E-state index contributed by atoms with van der Waals surface area (Å²) in [7, 11) is 0. The summed E-state index contributed by atoms with van der Waals surface area (Å²) < 4.78 is 5.39. The molecule has 1 aliphatic rings. The van der Waals surface area contributed by atoms with E-state index < -0.39 is 0 Å². The number of esters is 1. The van der Waals surface area contributed by atoms with E-state index in [1.807, 2.05) is 12.1 Å². The molecule has 0 N–H and O–H groups in total. The maximum absolute atomic E-state index is 12.1. The van der Waals surface area contributed by atoms with Crippen LogP contribution in [0.4, 0.5) is 0 Å². The summed E-state index contributed by atoms with van der Waals surface area (Å²) in [5, 5.41) is 2.41. The lowest BCUT2D eigenvalue weighted by atomic mass is 10.1. The Labute approximate surface area is 136 Å². The van der Waals surface area contributed by atoms with Crippen molar-refractivity contribution in [2.24, 2.45) is 5.92 Å². The molecule has 1 saturated heterocycles. The molecule has 4 nitrogen and oxygen atoms in total. The van der Waals surface area contributed by atoms with E-state index in [0.29, 0.717) is 32.5 Å². The van der Waals surface area contributed by atoms with Crippen LogP contribution < -0.4 is 0 Å². The third-order valence-corrected chi connectivity index (χ3v) is 4.42. The molecule has 2 aromatic carbocycles. The molecule has 1 atom stereocenters. The van der Waals surface area contributed by atoms with Crippen LogP contribution in [0.15, 0.2) is 42.5 Å². The van der Waals surface area contributed by atoms with Gasteiger partial charge in [0.25, 0.3) is 0 Å². The molecule has 1 unspecified atom stereocenters. The molecule has 0 saturated carbocycles. The third kappa shape index (κ3) is 3.70. The minimum Gasteiger partial charge on any atom is -0.465 e. The lowest BCUT2D eigenvalue weighted by Crippen LogP contribution is -2.28. The second-order valence-electron chi connectivity index (χ2n) is 6.05. The number of fused-ring (bicyclic) bond motifs is 1. The average Bonchev–Trinajstić information content (AvgIpc) is 3.05. The van der Waals surface area contributed by atoms with Crippen molar-refractivity contribution in [2.75, 3.05) is 19.7 Å². The number of carbonyl (C=O) groups is 2. The van der Waals surface area contributed by atoms with Gasteiger partial charge in [-0.2, -0.15) is 0 Å². The van der Waals surface area contributed by atoms with Crippen molar-refractivity contribution < 1.29 is 14.3 Å². The molecule has 0 bridgehead atoms. The van der Waals surface area contributed by atoms with E-state index in [0.717, 1.165) is 5.56 Å². The van der Waals surface area contributed by atoms with Gasteiger partial charge in [-0.05, 0) is 22.8 Å². The molecule has 2 aromatic rings. The van der Waals surface area contributed by atoms with Crippen molar-refractivity contribution in [1.29, 1.82) is 0 Å². The van der Waals surface area contributed by atoms with Gasteiger partial charge < -0.3 is 9.64 Å². The molecular weight excluding hydrogens is 290 g/mol. The van der Waals surface area contributed by atoms with E-state index in [-0.39, 0.29) is 17.8 Å². The van der Waals surface area contributed by atoms with E-state index in [1.54, 1.807) is 4.90 Å². The molecule has 4 heteroatoms. The second kappa shape index (κ2) is 6.82. The molecule has 23 heavy (non-hydrogen) atoms. The lowest BCUT2D eigenvalue weighted by Gasteiger charge is -2.13. The Hall–Kier alpha value is -2.36. The van der Waals surface area contributed by atoms with Gasteiger partial charge in [0.15, 0.2) is 0 Å². The molecule has 1 fully saturated rings. The number of ether oxygens (including phenoxy) is 1. The molecular formula is C19H21NO3. The van der Waals surface area contributed by atoms with Gasteiger partial charge in [0.2, 0.25) is 5.91 Å². The molecule has 1 aliphatic heterocycles. The van der Waals surface area contributed by atoms with Crippen LogP contribution in [-0.4, -0.2) is 36.5 Å². The molecule has 3 rings (SSSR count). The SMILES string of the molecule is CC(=O)N1CCC(C(=O)OCCc2ccc3ccccc3c2)C1. The number of nitrogens with zero attached hydrogens (tertiary/aromatic N) is 1. The highest BCUT2D eigenvalue weighted by Gasteiger charge is 2.30. The summed E-state index contributed by atoms with van der Waals surface area (Å²) in [5.41, 5.74) is 1.16. The molecule has 1 amide bonds. The maximum atomic E-state index is 12.1. The highest BCUT2D eigenvalue weighted by molar-refractivity contribution is 5.83. The number of hydrogen-bond acceptors (Lipinski definition) is 3. The fraction of sp³-hybridized carbons (Fsp3) is 0.368. The first-order valence-electron chi connectivity index (χ1n) is 8.03. The van der Waals surface area contributed by atoms with Crippen molar-refractivity contribution in [3.8, 4) is 0 Å². The van der Waals surface area contributed by atoms with Crippen molar-refractivity contribution in [3.63, 3.8) is 0 Å². The van der Waals surface area contributed by atoms with E-state index in [4.69, 9.17) is 4.74 Å². The van der Waals surface area contributed by atoms with Crippen LogP contribution in [0.3, 0.4) is 0 Å². The Morgan fingerprint density at radius 1 is 1.17 bits per heavy atom. The summed E-state index contributed by atoms with van der Waals surface area (Å²) in [6.07, 6.45) is 1.41. The maximum Gasteiger partial charge on any atom is 0.310 e. The second-order valence-corrected chi connectivity index (χ2v) is 6.05. The minimum absolute atomic E-state index is 0.0245. The zero-order chi connectivity index (χ0) is 16.2. The molecule has 0 aromatic heterocycles. The Kier molecular flexibility index (Phi) is 4.60. The monoisotopic (exact) mass is 311 g/mol. The fourth-order valence-electron chi connectivity index (χ4n) is 3.02. The first-order valence-corrected chi connectivity index (χ1v) is 8.03. The van der Waals surface area contributed by atoms with Crippen LogP contribution in [0.25, 0.3) is 10.8 Å². The lowest BCUT2D eigenvalue weighted by molar-refractivity contribution is -0.148. The highest BCUT2D eigenvalue weighted by Crippen LogP contribution is 2.19. The number of amides is 1. The third-order valence-electron chi connectivity index (χ3n) is 4.42. The standard InChI is InChI=1S/C19H21NO3/c1-14(21)20-10-8-18(13-20)19(22)23-11-9-15-6-7-16-4-2-3-5-17(16)12-15/h2-7,12,18H,8-11,13H2,1H3. The number of likely N-dealkylation sites (tertiary alicyclic amines) is 1. The molecule has 0 spiro atoms. The Morgan fingerprint density at radius 3 is 2.70 bits per heavy atom. The summed E-state index contributed by atoms with van der Waals surface area (Å²) in [5.74, 6) is -0.332. The van der Waals surface area contributed by atoms with Gasteiger partial charge in [-0.25, -0.2) is 0 Å². The van der Waals surface area contributed by atoms with Gasteiger partial charge in [0.1, 0.15) is 0 Å². The molecule has 0 aliphatic carbocycles. The van der Waals surface area contributed by atoms with Crippen LogP contribution >= 0.6 is 0 Å². The van der Waals surface area contributed by atoms with Gasteiger partial charge in [-0.1, -0.05) is 42.5 Å².